The Morgan fingerprint density at radius 2 is 1.17 bits per heavy atom. The highest BCUT2D eigenvalue weighted by atomic mass is 127. The summed E-state index contributed by atoms with van der Waals surface area (Å²) < 4.78 is 5.66. The Kier molecular flexibility index (Phi) is 10.0. The Morgan fingerprint density at radius 1 is 0.767 bits per heavy atom. The number of rotatable bonds is 9. The van der Waals surface area contributed by atoms with E-state index in [1.54, 1.807) is 0 Å². The molecule has 0 N–H and O–H groups in total. The molecule has 0 radical (unpaired) electrons. The molecule has 1 unspecified atom stereocenters. The molecule has 0 aliphatic carbocycles. The fraction of sp³-hybridized carbons (Fsp3) is 0.269. The number of hydrogen-bond donors (Lipinski definition) is 0. The highest BCUT2D eigenvalue weighted by Gasteiger charge is 2.55. The minimum atomic E-state index is -2.25. The summed E-state index contributed by atoms with van der Waals surface area (Å²) in [6, 6.07) is 31.7. The molecule has 2 nitrogen and oxygen atoms in total. The molecule has 0 fully saturated rings. The van der Waals surface area contributed by atoms with Gasteiger partial charge >= 0.3 is 5.97 Å². The summed E-state index contributed by atoms with van der Waals surface area (Å²) in [7, 11) is -2.25. The molecule has 0 heterocycles. The van der Waals surface area contributed by atoms with E-state index in [4.69, 9.17) is 4.74 Å². The molecule has 158 valence electrons. The predicted octanol–water partition coefficient (Wildman–Crippen LogP) is 2.11. The van der Waals surface area contributed by atoms with Gasteiger partial charge in [0.05, 0.1) is 6.61 Å². The Morgan fingerprint density at radius 3 is 1.50 bits per heavy atom. The minimum absolute atomic E-state index is 0. The van der Waals surface area contributed by atoms with Gasteiger partial charge in [0.2, 0.25) is 0 Å². The van der Waals surface area contributed by atoms with Crippen molar-refractivity contribution in [2.75, 3.05) is 6.61 Å². The molecule has 0 saturated carbocycles. The number of halogens is 1. The fourth-order valence-electron chi connectivity index (χ4n) is 4.08. The van der Waals surface area contributed by atoms with Gasteiger partial charge in [-0.1, -0.05) is 67.9 Å². The second kappa shape index (κ2) is 12.2. The average molecular weight is 532 g/mol. The highest BCUT2D eigenvalue weighted by molar-refractivity contribution is 7.96. The van der Waals surface area contributed by atoms with E-state index in [-0.39, 0.29) is 35.6 Å². The van der Waals surface area contributed by atoms with Gasteiger partial charge in [-0.2, -0.15) is 0 Å². The van der Waals surface area contributed by atoms with Gasteiger partial charge in [-0.15, -0.1) is 0 Å². The summed E-state index contributed by atoms with van der Waals surface area (Å²) in [5.41, 5.74) is -0.199. The maximum absolute atomic E-state index is 13.4. The molecular formula is C26H30IO2P. The molecule has 1 atom stereocenters. The zero-order valence-electron chi connectivity index (χ0n) is 17.7. The summed E-state index contributed by atoms with van der Waals surface area (Å²) in [5.74, 6) is -0.0779. The third-order valence-corrected chi connectivity index (χ3v) is 10.1. The minimum Gasteiger partial charge on any atom is -1.00 e. The number of unbranched alkanes of at least 4 members (excludes halogenated alkanes) is 1. The van der Waals surface area contributed by atoms with E-state index in [1.165, 1.54) is 15.9 Å². The van der Waals surface area contributed by atoms with Gasteiger partial charge in [-0.25, -0.2) is 4.79 Å². The van der Waals surface area contributed by atoms with Gasteiger partial charge in [0.15, 0.2) is 5.66 Å². The van der Waals surface area contributed by atoms with Crippen LogP contribution in [0.15, 0.2) is 91.0 Å². The summed E-state index contributed by atoms with van der Waals surface area (Å²) in [4.78, 5) is 13.4. The van der Waals surface area contributed by atoms with Crippen molar-refractivity contribution < 1.29 is 33.5 Å². The molecular weight excluding hydrogens is 502 g/mol. The number of benzene rings is 3. The number of ether oxygens (including phenoxy) is 1. The van der Waals surface area contributed by atoms with Crippen LogP contribution in [0.25, 0.3) is 0 Å². The molecule has 0 aliphatic heterocycles. The van der Waals surface area contributed by atoms with Crippen molar-refractivity contribution in [2.45, 2.75) is 38.8 Å². The van der Waals surface area contributed by atoms with Crippen LogP contribution in [0.4, 0.5) is 0 Å². The monoisotopic (exact) mass is 532 g/mol. The van der Waals surface area contributed by atoms with E-state index >= 15 is 0 Å². The normalized spacial score (nSPS) is 11.9. The topological polar surface area (TPSA) is 26.3 Å². The number of hydrogen-bond acceptors (Lipinski definition) is 2. The molecule has 0 spiro atoms. The van der Waals surface area contributed by atoms with Crippen molar-refractivity contribution >= 4 is 29.1 Å². The lowest BCUT2D eigenvalue weighted by atomic mass is 10.2. The highest BCUT2D eigenvalue weighted by Crippen LogP contribution is 2.61. The first kappa shape index (κ1) is 24.6. The second-order valence-electron chi connectivity index (χ2n) is 7.14. The van der Waals surface area contributed by atoms with Gasteiger partial charge < -0.3 is 28.7 Å². The van der Waals surface area contributed by atoms with E-state index in [9.17, 15) is 4.79 Å². The summed E-state index contributed by atoms with van der Waals surface area (Å²) in [6.07, 6.45) is 2.87. The molecule has 4 heteroatoms. The van der Waals surface area contributed by atoms with Crippen LogP contribution < -0.4 is 39.9 Å². The first-order valence-electron chi connectivity index (χ1n) is 10.5. The SMILES string of the molecule is CCCCC(C(=O)OCC)[P+](c1ccccc1)(c1ccccc1)c1ccccc1.[I-]. The molecule has 3 aromatic carbocycles. The van der Waals surface area contributed by atoms with E-state index < -0.39 is 7.26 Å². The van der Waals surface area contributed by atoms with Crippen LogP contribution in [0.5, 0.6) is 0 Å². The first-order valence-corrected chi connectivity index (χ1v) is 12.3. The van der Waals surface area contributed by atoms with Crippen LogP contribution in [-0.2, 0) is 9.53 Å². The largest absolute Gasteiger partial charge is 1.00 e. The molecule has 30 heavy (non-hydrogen) atoms. The van der Waals surface area contributed by atoms with Crippen LogP contribution in [0.2, 0.25) is 0 Å². The van der Waals surface area contributed by atoms with Crippen LogP contribution in [0.1, 0.15) is 33.1 Å². The second-order valence-corrected chi connectivity index (χ2v) is 10.8. The lowest BCUT2D eigenvalue weighted by Gasteiger charge is -2.33. The van der Waals surface area contributed by atoms with Crippen molar-refractivity contribution in [1.82, 2.24) is 0 Å². The van der Waals surface area contributed by atoms with Crippen molar-refractivity contribution in [3.63, 3.8) is 0 Å². The van der Waals surface area contributed by atoms with Crippen LogP contribution >= 0.6 is 7.26 Å². The maximum Gasteiger partial charge on any atom is 0.348 e. The van der Waals surface area contributed by atoms with E-state index in [2.05, 4.69) is 79.7 Å². The van der Waals surface area contributed by atoms with E-state index in [0.717, 1.165) is 19.3 Å². The number of carbonyl (C=O) groups excluding carboxylic acids is 1. The zero-order chi connectivity index (χ0) is 20.5. The fourth-order valence-corrected chi connectivity index (χ4v) is 8.94. The van der Waals surface area contributed by atoms with Crippen molar-refractivity contribution in [3.8, 4) is 0 Å². The Labute approximate surface area is 198 Å². The summed E-state index contributed by atoms with van der Waals surface area (Å²) in [6.45, 7) is 4.47. The standard InChI is InChI=1S/C26H30O2P.HI/c1-3-5-21-25(26(27)28-4-2)29(22-15-9-6-10-16-22,23-17-11-7-12-18-23)24-19-13-8-14-20-24;/h6-20,25H,3-5,21H2,1-2H3;1H/q+1;/p-1. The molecule has 3 aromatic rings. The van der Waals surface area contributed by atoms with Gasteiger partial charge in [-0.05, 0) is 56.2 Å². The Hall–Kier alpha value is -1.71. The molecule has 0 amide bonds. The lowest BCUT2D eigenvalue weighted by molar-refractivity contribution is -0.142. The summed E-state index contributed by atoms with van der Waals surface area (Å²) in [5, 5.41) is 3.68. The average Bonchev–Trinajstić information content (AvgIpc) is 2.78. The van der Waals surface area contributed by atoms with Crippen LogP contribution in [0, 0.1) is 0 Å². The molecule has 0 saturated heterocycles. The van der Waals surface area contributed by atoms with Crippen LogP contribution in [-0.4, -0.2) is 18.2 Å². The molecule has 3 rings (SSSR count). The predicted molar refractivity (Wildman–Crippen MR) is 125 cm³/mol. The third kappa shape index (κ3) is 5.12. The zero-order valence-corrected chi connectivity index (χ0v) is 20.8. The van der Waals surface area contributed by atoms with Gasteiger partial charge in [0, 0.05) is 0 Å². The lowest BCUT2D eigenvalue weighted by Crippen LogP contribution is -3.00. The van der Waals surface area contributed by atoms with Gasteiger partial charge in [-0.3, -0.25) is 0 Å². The van der Waals surface area contributed by atoms with Gasteiger partial charge in [0.25, 0.3) is 0 Å². The van der Waals surface area contributed by atoms with Crippen molar-refractivity contribution in [1.29, 1.82) is 0 Å². The quantitative estimate of drug-likeness (QED) is 0.240. The maximum atomic E-state index is 13.4. The number of carbonyl (C=O) groups is 1. The smallest absolute Gasteiger partial charge is 0.348 e. The number of esters is 1. The van der Waals surface area contributed by atoms with E-state index in [0.29, 0.717) is 6.61 Å². The molecule has 0 bridgehead atoms. The molecule has 0 aromatic heterocycles. The summed E-state index contributed by atoms with van der Waals surface area (Å²) >= 11 is 0. The molecule has 0 aliphatic rings. The Balaban J connectivity index is 0.00000320. The van der Waals surface area contributed by atoms with Gasteiger partial charge in [0.1, 0.15) is 23.2 Å². The van der Waals surface area contributed by atoms with Crippen LogP contribution in [0.3, 0.4) is 0 Å². The van der Waals surface area contributed by atoms with E-state index in [1.807, 2.05) is 25.1 Å². The third-order valence-electron chi connectivity index (χ3n) is 5.35. The van der Waals surface area contributed by atoms with Crippen molar-refractivity contribution in [2.24, 2.45) is 0 Å². The Bertz CT molecular complexity index is 788. The van der Waals surface area contributed by atoms with Crippen molar-refractivity contribution in [3.05, 3.63) is 91.0 Å². The first-order chi connectivity index (χ1) is 14.2.